The largest absolute Gasteiger partial charge is 0.480 e. The van der Waals surface area contributed by atoms with Crippen molar-refractivity contribution in [2.75, 3.05) is 18.1 Å². The average molecular weight is 289 g/mol. The number of primary amides is 1. The molecule has 108 valence electrons. The predicted octanol–water partition coefficient (Wildman–Crippen LogP) is -0.243. The molecule has 1 aliphatic rings. The third-order valence-corrected chi connectivity index (χ3v) is 4.09. The average Bonchev–Trinajstić information content (AvgIpc) is 2.84. The Bertz CT molecular complexity index is 345. The first-order valence-electron chi connectivity index (χ1n) is 6.12. The molecule has 0 aromatic heterocycles. The van der Waals surface area contributed by atoms with Crippen molar-refractivity contribution in [3.8, 4) is 0 Å². The molecule has 1 saturated heterocycles. The summed E-state index contributed by atoms with van der Waals surface area (Å²) in [4.78, 5) is 33.1. The zero-order valence-corrected chi connectivity index (χ0v) is 11.4. The van der Waals surface area contributed by atoms with Crippen LogP contribution in [-0.2, 0) is 9.59 Å². The number of hydrogen-bond acceptors (Lipinski definition) is 4. The van der Waals surface area contributed by atoms with E-state index in [0.29, 0.717) is 12.5 Å². The Morgan fingerprint density at radius 1 is 1.42 bits per heavy atom. The van der Waals surface area contributed by atoms with Crippen LogP contribution in [0.1, 0.15) is 19.3 Å². The summed E-state index contributed by atoms with van der Waals surface area (Å²) in [6.07, 6.45) is 0.989. The van der Waals surface area contributed by atoms with Gasteiger partial charge in [0.05, 0.1) is 0 Å². The van der Waals surface area contributed by atoms with E-state index in [-0.39, 0.29) is 12.8 Å². The molecule has 1 heterocycles. The van der Waals surface area contributed by atoms with E-state index in [1.165, 1.54) is 0 Å². The Kier molecular flexibility index (Phi) is 6.48. The predicted molar refractivity (Wildman–Crippen MR) is 71.8 cm³/mol. The summed E-state index contributed by atoms with van der Waals surface area (Å²) < 4.78 is 0. The van der Waals surface area contributed by atoms with Gasteiger partial charge >= 0.3 is 12.0 Å². The molecular weight excluding hydrogens is 270 g/mol. The number of carboxylic acid groups (broad SMARTS) is 1. The molecule has 3 amide bonds. The van der Waals surface area contributed by atoms with Crippen LogP contribution in [0, 0.1) is 5.92 Å². The first-order chi connectivity index (χ1) is 8.99. The molecule has 0 aliphatic carbocycles. The summed E-state index contributed by atoms with van der Waals surface area (Å²) in [6.45, 7) is 0.543. The molecule has 2 atom stereocenters. The van der Waals surface area contributed by atoms with Gasteiger partial charge in [-0.25, -0.2) is 9.59 Å². The standard InChI is InChI=1S/C11H19N3O4S/c12-9(15)2-1-8(10(16)17)14-11(18)13-5-7-3-4-19-6-7/h7-8H,1-6H2,(H2,12,15)(H,16,17)(H2,13,14,18)/t7?,8-/m1/s1. The van der Waals surface area contributed by atoms with Gasteiger partial charge in [0, 0.05) is 13.0 Å². The number of nitrogens with two attached hydrogens (primary N) is 1. The van der Waals surface area contributed by atoms with Gasteiger partial charge in [0.2, 0.25) is 5.91 Å². The monoisotopic (exact) mass is 289 g/mol. The highest BCUT2D eigenvalue weighted by atomic mass is 32.2. The Hall–Kier alpha value is -1.44. The van der Waals surface area contributed by atoms with Gasteiger partial charge in [-0.2, -0.15) is 11.8 Å². The second kappa shape index (κ2) is 7.88. The molecule has 1 aliphatic heterocycles. The molecule has 7 nitrogen and oxygen atoms in total. The van der Waals surface area contributed by atoms with Crippen LogP contribution in [0.5, 0.6) is 0 Å². The Balaban J connectivity index is 2.29. The van der Waals surface area contributed by atoms with Crippen LogP contribution in [0.25, 0.3) is 0 Å². The maximum atomic E-state index is 11.6. The fourth-order valence-electron chi connectivity index (χ4n) is 1.73. The van der Waals surface area contributed by atoms with Crippen molar-refractivity contribution in [3.63, 3.8) is 0 Å². The lowest BCUT2D eigenvalue weighted by Crippen LogP contribution is -2.47. The van der Waals surface area contributed by atoms with Gasteiger partial charge in [0.15, 0.2) is 0 Å². The van der Waals surface area contributed by atoms with E-state index in [1.807, 2.05) is 11.8 Å². The van der Waals surface area contributed by atoms with Crippen molar-refractivity contribution in [2.24, 2.45) is 11.7 Å². The van der Waals surface area contributed by atoms with E-state index in [2.05, 4.69) is 10.6 Å². The molecule has 1 rings (SSSR count). The topological polar surface area (TPSA) is 122 Å². The summed E-state index contributed by atoms with van der Waals surface area (Å²) in [5, 5.41) is 13.9. The molecule has 8 heteroatoms. The molecule has 1 unspecified atom stereocenters. The molecule has 0 aromatic carbocycles. The van der Waals surface area contributed by atoms with Crippen molar-refractivity contribution < 1.29 is 19.5 Å². The number of aliphatic carboxylic acids is 1. The number of rotatable bonds is 7. The normalized spacial score (nSPS) is 19.7. The van der Waals surface area contributed by atoms with Gasteiger partial charge in [-0.15, -0.1) is 0 Å². The van der Waals surface area contributed by atoms with E-state index in [1.54, 1.807) is 0 Å². The van der Waals surface area contributed by atoms with Crippen LogP contribution in [0.3, 0.4) is 0 Å². The zero-order chi connectivity index (χ0) is 14.3. The van der Waals surface area contributed by atoms with E-state index in [0.717, 1.165) is 17.9 Å². The molecule has 0 saturated carbocycles. The van der Waals surface area contributed by atoms with Gasteiger partial charge in [-0.1, -0.05) is 0 Å². The quantitative estimate of drug-likeness (QED) is 0.515. The summed E-state index contributed by atoms with van der Waals surface area (Å²) in [7, 11) is 0. The lowest BCUT2D eigenvalue weighted by molar-refractivity contribution is -0.139. The van der Waals surface area contributed by atoms with Crippen molar-refractivity contribution in [1.82, 2.24) is 10.6 Å². The molecule has 5 N–H and O–H groups in total. The van der Waals surface area contributed by atoms with Crippen LogP contribution in [0.2, 0.25) is 0 Å². The zero-order valence-electron chi connectivity index (χ0n) is 10.6. The molecule has 19 heavy (non-hydrogen) atoms. The van der Waals surface area contributed by atoms with Crippen LogP contribution in [0.4, 0.5) is 4.79 Å². The third kappa shape index (κ3) is 6.32. The number of thioether (sulfide) groups is 1. The van der Waals surface area contributed by atoms with Crippen LogP contribution < -0.4 is 16.4 Å². The number of urea groups is 1. The minimum absolute atomic E-state index is 0.00261. The Morgan fingerprint density at radius 3 is 2.68 bits per heavy atom. The fraction of sp³-hybridized carbons (Fsp3) is 0.727. The van der Waals surface area contributed by atoms with Crippen molar-refractivity contribution >= 4 is 29.7 Å². The first kappa shape index (κ1) is 15.6. The second-order valence-corrected chi connectivity index (χ2v) is 5.63. The molecular formula is C11H19N3O4S. The maximum absolute atomic E-state index is 11.6. The number of nitrogens with one attached hydrogen (secondary N) is 2. The van der Waals surface area contributed by atoms with Crippen molar-refractivity contribution in [3.05, 3.63) is 0 Å². The minimum Gasteiger partial charge on any atom is -0.480 e. The second-order valence-electron chi connectivity index (χ2n) is 4.48. The van der Waals surface area contributed by atoms with Gasteiger partial charge in [-0.3, -0.25) is 4.79 Å². The highest BCUT2D eigenvalue weighted by Crippen LogP contribution is 2.22. The summed E-state index contributed by atoms with van der Waals surface area (Å²) >= 11 is 1.85. The highest BCUT2D eigenvalue weighted by Gasteiger charge is 2.21. The van der Waals surface area contributed by atoms with Crippen molar-refractivity contribution in [1.29, 1.82) is 0 Å². The molecule has 0 aromatic rings. The number of carboxylic acids is 1. The Labute approximate surface area is 115 Å². The lowest BCUT2D eigenvalue weighted by atomic mass is 10.1. The smallest absolute Gasteiger partial charge is 0.326 e. The van der Waals surface area contributed by atoms with E-state index in [4.69, 9.17) is 10.8 Å². The SMILES string of the molecule is NC(=O)CC[C@@H](NC(=O)NCC1CCSC1)C(=O)O. The number of carbonyl (C=O) groups is 3. The Morgan fingerprint density at radius 2 is 2.16 bits per heavy atom. The lowest BCUT2D eigenvalue weighted by Gasteiger charge is -2.16. The van der Waals surface area contributed by atoms with E-state index in [9.17, 15) is 14.4 Å². The highest BCUT2D eigenvalue weighted by molar-refractivity contribution is 7.99. The molecule has 0 spiro atoms. The van der Waals surface area contributed by atoms with Gasteiger partial charge < -0.3 is 21.5 Å². The number of hydrogen-bond donors (Lipinski definition) is 4. The summed E-state index contributed by atoms with van der Waals surface area (Å²) in [5.74, 6) is 0.808. The number of carbonyl (C=O) groups excluding carboxylic acids is 2. The molecule has 0 radical (unpaired) electrons. The first-order valence-corrected chi connectivity index (χ1v) is 7.27. The summed E-state index contributed by atoms with van der Waals surface area (Å²) in [5.41, 5.74) is 4.95. The van der Waals surface area contributed by atoms with Crippen molar-refractivity contribution in [2.45, 2.75) is 25.3 Å². The van der Waals surface area contributed by atoms with Gasteiger partial charge in [0.25, 0.3) is 0 Å². The fourth-order valence-corrected chi connectivity index (χ4v) is 3.02. The van der Waals surface area contributed by atoms with E-state index < -0.39 is 23.9 Å². The third-order valence-electron chi connectivity index (χ3n) is 2.86. The maximum Gasteiger partial charge on any atom is 0.326 e. The summed E-state index contributed by atoms with van der Waals surface area (Å²) in [6, 6.07) is -1.61. The van der Waals surface area contributed by atoms with E-state index >= 15 is 0 Å². The van der Waals surface area contributed by atoms with Crippen LogP contribution in [0.15, 0.2) is 0 Å². The minimum atomic E-state index is -1.17. The molecule has 0 bridgehead atoms. The van der Waals surface area contributed by atoms with Gasteiger partial charge in [-0.05, 0) is 30.3 Å². The van der Waals surface area contributed by atoms with Crippen LogP contribution >= 0.6 is 11.8 Å². The van der Waals surface area contributed by atoms with Crippen LogP contribution in [-0.4, -0.2) is 47.1 Å². The number of amides is 3. The van der Waals surface area contributed by atoms with Gasteiger partial charge in [0.1, 0.15) is 6.04 Å². The molecule has 1 fully saturated rings.